The van der Waals surface area contributed by atoms with Crippen LogP contribution in [0.3, 0.4) is 0 Å². The van der Waals surface area contributed by atoms with E-state index in [-0.39, 0.29) is 0 Å². The van der Waals surface area contributed by atoms with Crippen molar-refractivity contribution in [2.45, 2.75) is 19.8 Å². The summed E-state index contributed by atoms with van der Waals surface area (Å²) in [7, 11) is 0. The van der Waals surface area contributed by atoms with Gasteiger partial charge in [-0.05, 0) is 55.2 Å². The minimum atomic E-state index is 0.588. The van der Waals surface area contributed by atoms with Crippen LogP contribution in [0.25, 0.3) is 0 Å². The van der Waals surface area contributed by atoms with Crippen LogP contribution < -0.4 is 10.6 Å². The average molecular weight is 320 g/mol. The van der Waals surface area contributed by atoms with Crippen LogP contribution in [-0.4, -0.2) is 16.6 Å². The Morgan fingerprint density at radius 1 is 1.24 bits per heavy atom. The fourth-order valence-corrected chi connectivity index (χ4v) is 2.32. The molecule has 0 aliphatic carbocycles. The lowest BCUT2D eigenvalue weighted by molar-refractivity contribution is 0.777. The SMILES string of the molecule is Cc1ccc(NC(=S)NCCCc2ccccc2Cl)nc1. The Kier molecular flexibility index (Phi) is 5.96. The van der Waals surface area contributed by atoms with E-state index in [1.165, 1.54) is 5.56 Å². The smallest absolute Gasteiger partial charge is 0.171 e. The minimum absolute atomic E-state index is 0.588. The second kappa shape index (κ2) is 7.96. The molecule has 1 aromatic carbocycles. The van der Waals surface area contributed by atoms with Crippen molar-refractivity contribution in [2.24, 2.45) is 0 Å². The Hall–Kier alpha value is -1.65. The maximum absolute atomic E-state index is 6.12. The van der Waals surface area contributed by atoms with Crippen LogP contribution in [0.4, 0.5) is 5.82 Å². The van der Waals surface area contributed by atoms with E-state index in [1.54, 1.807) is 0 Å². The zero-order valence-corrected chi connectivity index (χ0v) is 13.5. The molecule has 2 aromatic rings. The fraction of sp³-hybridized carbons (Fsp3) is 0.250. The Morgan fingerprint density at radius 3 is 2.76 bits per heavy atom. The quantitative estimate of drug-likeness (QED) is 0.646. The highest BCUT2D eigenvalue weighted by molar-refractivity contribution is 7.80. The van der Waals surface area contributed by atoms with Gasteiger partial charge in [0.2, 0.25) is 0 Å². The van der Waals surface area contributed by atoms with E-state index < -0.39 is 0 Å². The summed E-state index contributed by atoms with van der Waals surface area (Å²) < 4.78 is 0. The number of halogens is 1. The number of nitrogens with zero attached hydrogens (tertiary/aromatic N) is 1. The van der Waals surface area contributed by atoms with Gasteiger partial charge >= 0.3 is 0 Å². The van der Waals surface area contributed by atoms with E-state index >= 15 is 0 Å². The van der Waals surface area contributed by atoms with Gasteiger partial charge in [0.05, 0.1) is 0 Å². The highest BCUT2D eigenvalue weighted by atomic mass is 35.5. The number of rotatable bonds is 5. The number of aromatic nitrogens is 1. The van der Waals surface area contributed by atoms with Gasteiger partial charge in [-0.1, -0.05) is 35.9 Å². The molecule has 0 aliphatic rings. The number of pyridine rings is 1. The molecule has 0 spiro atoms. The first-order valence-electron chi connectivity index (χ1n) is 6.86. The van der Waals surface area contributed by atoms with Gasteiger partial charge in [0.1, 0.15) is 5.82 Å². The van der Waals surface area contributed by atoms with Crippen LogP contribution in [0.1, 0.15) is 17.5 Å². The molecule has 0 amide bonds. The Labute approximate surface area is 135 Å². The highest BCUT2D eigenvalue weighted by Crippen LogP contribution is 2.16. The van der Waals surface area contributed by atoms with E-state index in [4.69, 9.17) is 23.8 Å². The zero-order valence-electron chi connectivity index (χ0n) is 11.9. The summed E-state index contributed by atoms with van der Waals surface area (Å²) in [5.41, 5.74) is 2.29. The van der Waals surface area contributed by atoms with Crippen molar-refractivity contribution in [1.82, 2.24) is 10.3 Å². The predicted octanol–water partition coefficient (Wildman–Crippen LogP) is 3.96. The average Bonchev–Trinajstić information content (AvgIpc) is 2.48. The number of benzene rings is 1. The summed E-state index contributed by atoms with van der Waals surface area (Å²) in [4.78, 5) is 4.25. The number of anilines is 1. The maximum Gasteiger partial charge on any atom is 0.171 e. The third-order valence-electron chi connectivity index (χ3n) is 3.02. The molecule has 0 fully saturated rings. The summed E-state index contributed by atoms with van der Waals surface area (Å²) in [5, 5.41) is 7.64. The van der Waals surface area contributed by atoms with E-state index in [1.807, 2.05) is 43.5 Å². The number of nitrogens with one attached hydrogen (secondary N) is 2. The third kappa shape index (κ3) is 5.33. The number of thiocarbonyl (C=S) groups is 1. The van der Waals surface area contributed by atoms with Gasteiger partial charge in [-0.25, -0.2) is 4.98 Å². The van der Waals surface area contributed by atoms with Crippen molar-refractivity contribution >= 4 is 34.7 Å². The Bertz CT molecular complexity index is 599. The lowest BCUT2D eigenvalue weighted by Crippen LogP contribution is -2.29. The van der Waals surface area contributed by atoms with E-state index in [9.17, 15) is 0 Å². The molecule has 0 aliphatic heterocycles. The molecule has 1 heterocycles. The molecule has 1 aromatic heterocycles. The molecule has 0 saturated carbocycles. The second-order valence-electron chi connectivity index (χ2n) is 4.80. The number of hydrogen-bond acceptors (Lipinski definition) is 2. The molecule has 0 atom stereocenters. The lowest BCUT2D eigenvalue weighted by Gasteiger charge is -2.10. The van der Waals surface area contributed by atoms with Crippen LogP contribution in [0.5, 0.6) is 0 Å². The molecular weight excluding hydrogens is 302 g/mol. The molecule has 0 unspecified atom stereocenters. The van der Waals surface area contributed by atoms with Gasteiger partial charge in [-0.3, -0.25) is 0 Å². The molecule has 21 heavy (non-hydrogen) atoms. The Balaban J connectivity index is 1.70. The van der Waals surface area contributed by atoms with E-state index in [2.05, 4.69) is 21.7 Å². The fourth-order valence-electron chi connectivity index (χ4n) is 1.88. The third-order valence-corrected chi connectivity index (χ3v) is 3.63. The maximum atomic E-state index is 6.12. The second-order valence-corrected chi connectivity index (χ2v) is 5.61. The van der Waals surface area contributed by atoms with Crippen molar-refractivity contribution < 1.29 is 0 Å². The normalized spacial score (nSPS) is 10.2. The highest BCUT2D eigenvalue weighted by Gasteiger charge is 2.00. The van der Waals surface area contributed by atoms with Gasteiger partial charge in [-0.2, -0.15) is 0 Å². The molecule has 110 valence electrons. The monoisotopic (exact) mass is 319 g/mol. The summed E-state index contributed by atoms with van der Waals surface area (Å²) in [6.45, 7) is 2.80. The molecule has 5 heteroatoms. The van der Waals surface area contributed by atoms with Crippen molar-refractivity contribution in [1.29, 1.82) is 0 Å². The van der Waals surface area contributed by atoms with Crippen molar-refractivity contribution in [3.8, 4) is 0 Å². The largest absolute Gasteiger partial charge is 0.362 e. The van der Waals surface area contributed by atoms with Gasteiger partial charge in [0.25, 0.3) is 0 Å². The van der Waals surface area contributed by atoms with Gasteiger partial charge < -0.3 is 10.6 Å². The van der Waals surface area contributed by atoms with Gasteiger partial charge in [-0.15, -0.1) is 0 Å². The van der Waals surface area contributed by atoms with E-state index in [0.29, 0.717) is 5.11 Å². The van der Waals surface area contributed by atoms with Crippen LogP contribution in [0.15, 0.2) is 42.6 Å². The standard InChI is InChI=1S/C16H18ClN3S/c1-12-8-9-15(19-11-12)20-16(21)18-10-4-6-13-5-2-3-7-14(13)17/h2-3,5,7-9,11H,4,6,10H2,1H3,(H2,18,19,20,21). The number of hydrogen-bond donors (Lipinski definition) is 2. The summed E-state index contributed by atoms with van der Waals surface area (Å²) in [5.74, 6) is 0.754. The van der Waals surface area contributed by atoms with Crippen LogP contribution >= 0.6 is 23.8 Å². The first kappa shape index (κ1) is 15.7. The molecule has 2 N–H and O–H groups in total. The molecule has 0 saturated heterocycles. The van der Waals surface area contributed by atoms with Crippen LogP contribution in [-0.2, 0) is 6.42 Å². The minimum Gasteiger partial charge on any atom is -0.362 e. The topological polar surface area (TPSA) is 37.0 Å². The van der Waals surface area contributed by atoms with Crippen molar-refractivity contribution in [2.75, 3.05) is 11.9 Å². The first-order valence-corrected chi connectivity index (χ1v) is 7.64. The summed E-state index contributed by atoms with van der Waals surface area (Å²) in [6.07, 6.45) is 3.70. The molecular formula is C16H18ClN3S. The molecule has 2 rings (SSSR count). The summed E-state index contributed by atoms with van der Waals surface area (Å²) in [6, 6.07) is 11.8. The van der Waals surface area contributed by atoms with E-state index in [0.717, 1.165) is 35.8 Å². The molecule has 3 nitrogen and oxygen atoms in total. The first-order chi connectivity index (χ1) is 10.1. The molecule has 0 radical (unpaired) electrons. The summed E-state index contributed by atoms with van der Waals surface area (Å²) >= 11 is 11.4. The number of aryl methyl sites for hydroxylation is 2. The van der Waals surface area contributed by atoms with Crippen LogP contribution in [0.2, 0.25) is 5.02 Å². The zero-order chi connectivity index (χ0) is 15.1. The van der Waals surface area contributed by atoms with Gasteiger partial charge in [0.15, 0.2) is 5.11 Å². The van der Waals surface area contributed by atoms with Gasteiger partial charge in [0, 0.05) is 17.8 Å². The Morgan fingerprint density at radius 2 is 2.05 bits per heavy atom. The van der Waals surface area contributed by atoms with Crippen molar-refractivity contribution in [3.05, 3.63) is 58.7 Å². The predicted molar refractivity (Wildman–Crippen MR) is 93.0 cm³/mol. The van der Waals surface area contributed by atoms with Crippen molar-refractivity contribution in [3.63, 3.8) is 0 Å². The van der Waals surface area contributed by atoms with Crippen LogP contribution in [0, 0.1) is 6.92 Å². The molecule has 0 bridgehead atoms. The lowest BCUT2D eigenvalue weighted by atomic mass is 10.1.